The van der Waals surface area contributed by atoms with Crippen LogP contribution in [0.2, 0.25) is 0 Å². The molecule has 1 aliphatic rings. The standard InChI is InChI=1S/C20H24N2O4S/c1-13(2)27(25,26)12-14-6-5-8-16(10-14)21-20(24)22-19-17-9-4-3-7-15(17)11-18(19)23/h3-10,13,18-19,23H,11-12H2,1-2H3,(H2,21,22,24). The van der Waals surface area contributed by atoms with Gasteiger partial charge in [-0.2, -0.15) is 0 Å². The van der Waals surface area contributed by atoms with E-state index in [2.05, 4.69) is 10.6 Å². The van der Waals surface area contributed by atoms with E-state index in [1.807, 2.05) is 24.3 Å². The van der Waals surface area contributed by atoms with Crippen molar-refractivity contribution >= 4 is 21.6 Å². The third kappa shape index (κ3) is 4.48. The van der Waals surface area contributed by atoms with E-state index >= 15 is 0 Å². The number of hydrogen-bond acceptors (Lipinski definition) is 4. The molecule has 0 bridgehead atoms. The number of carbonyl (C=O) groups is 1. The second kappa shape index (κ2) is 7.70. The van der Waals surface area contributed by atoms with Gasteiger partial charge >= 0.3 is 6.03 Å². The van der Waals surface area contributed by atoms with Crippen LogP contribution in [0.4, 0.5) is 10.5 Å². The van der Waals surface area contributed by atoms with Crippen LogP contribution >= 0.6 is 0 Å². The molecule has 2 aromatic rings. The number of aliphatic hydroxyl groups excluding tert-OH is 1. The SMILES string of the molecule is CC(C)S(=O)(=O)Cc1cccc(NC(=O)NC2c3ccccc3CC2O)c1. The quantitative estimate of drug-likeness (QED) is 0.734. The van der Waals surface area contributed by atoms with E-state index in [1.165, 1.54) is 0 Å². The maximum atomic E-state index is 12.4. The Morgan fingerprint density at radius 2 is 1.93 bits per heavy atom. The van der Waals surface area contributed by atoms with Gasteiger partial charge in [0, 0.05) is 12.1 Å². The minimum absolute atomic E-state index is 0.0729. The molecule has 2 atom stereocenters. The van der Waals surface area contributed by atoms with Crippen molar-refractivity contribution in [3.8, 4) is 0 Å². The van der Waals surface area contributed by atoms with Crippen molar-refractivity contribution in [2.45, 2.75) is 43.4 Å². The molecular formula is C20H24N2O4S. The van der Waals surface area contributed by atoms with Crippen molar-refractivity contribution in [2.24, 2.45) is 0 Å². The van der Waals surface area contributed by atoms with Gasteiger partial charge in [0.1, 0.15) is 0 Å². The summed E-state index contributed by atoms with van der Waals surface area (Å²) < 4.78 is 24.2. The van der Waals surface area contributed by atoms with Crippen LogP contribution in [0.15, 0.2) is 48.5 Å². The van der Waals surface area contributed by atoms with E-state index in [-0.39, 0.29) is 5.75 Å². The molecule has 27 heavy (non-hydrogen) atoms. The topological polar surface area (TPSA) is 95.5 Å². The number of fused-ring (bicyclic) bond motifs is 1. The first-order valence-corrected chi connectivity index (χ1v) is 10.6. The van der Waals surface area contributed by atoms with Crippen LogP contribution in [0.25, 0.3) is 0 Å². The molecule has 0 saturated heterocycles. The number of rotatable bonds is 5. The van der Waals surface area contributed by atoms with Gasteiger partial charge in [0.05, 0.1) is 23.1 Å². The number of carbonyl (C=O) groups excluding carboxylic acids is 1. The molecule has 1 aliphatic carbocycles. The van der Waals surface area contributed by atoms with Gasteiger partial charge < -0.3 is 15.7 Å². The second-order valence-corrected chi connectivity index (χ2v) is 9.66. The molecule has 2 amide bonds. The van der Waals surface area contributed by atoms with Crippen LogP contribution in [0, 0.1) is 0 Å². The average Bonchev–Trinajstić information content (AvgIpc) is 2.90. The zero-order valence-electron chi connectivity index (χ0n) is 15.3. The smallest absolute Gasteiger partial charge is 0.319 e. The molecule has 2 aromatic carbocycles. The predicted molar refractivity (Wildman–Crippen MR) is 105 cm³/mol. The molecule has 0 saturated carbocycles. The summed E-state index contributed by atoms with van der Waals surface area (Å²) in [6, 6.07) is 13.5. The van der Waals surface area contributed by atoms with Crippen LogP contribution in [0.3, 0.4) is 0 Å². The van der Waals surface area contributed by atoms with E-state index in [0.29, 0.717) is 17.7 Å². The summed E-state index contributed by atoms with van der Waals surface area (Å²) in [5.74, 6) is -0.0729. The number of urea groups is 1. The largest absolute Gasteiger partial charge is 0.390 e. The van der Waals surface area contributed by atoms with E-state index < -0.39 is 33.3 Å². The Morgan fingerprint density at radius 1 is 1.19 bits per heavy atom. The van der Waals surface area contributed by atoms with E-state index in [0.717, 1.165) is 11.1 Å². The molecule has 2 unspecified atom stereocenters. The van der Waals surface area contributed by atoms with Gasteiger partial charge in [0.25, 0.3) is 0 Å². The van der Waals surface area contributed by atoms with Crippen LogP contribution in [-0.4, -0.2) is 30.9 Å². The van der Waals surface area contributed by atoms with Gasteiger partial charge in [-0.25, -0.2) is 13.2 Å². The monoisotopic (exact) mass is 388 g/mol. The lowest BCUT2D eigenvalue weighted by Crippen LogP contribution is -2.36. The number of sulfone groups is 1. The summed E-state index contributed by atoms with van der Waals surface area (Å²) in [4.78, 5) is 12.4. The number of aliphatic hydroxyl groups is 1. The van der Waals surface area contributed by atoms with Gasteiger partial charge in [-0.05, 0) is 42.7 Å². The fourth-order valence-electron chi connectivity index (χ4n) is 3.19. The lowest BCUT2D eigenvalue weighted by atomic mass is 10.1. The Bertz CT molecular complexity index is 941. The fourth-order valence-corrected chi connectivity index (χ4v) is 4.17. The minimum Gasteiger partial charge on any atom is -0.390 e. The zero-order valence-corrected chi connectivity index (χ0v) is 16.2. The number of benzene rings is 2. The minimum atomic E-state index is -3.22. The van der Waals surface area contributed by atoms with Gasteiger partial charge in [-0.3, -0.25) is 0 Å². The fraction of sp³-hybridized carbons (Fsp3) is 0.350. The Morgan fingerprint density at radius 3 is 2.67 bits per heavy atom. The molecule has 3 rings (SSSR count). The summed E-state index contributed by atoms with van der Waals surface area (Å²) in [5, 5.41) is 15.3. The molecule has 6 nitrogen and oxygen atoms in total. The molecule has 0 fully saturated rings. The second-order valence-electron chi connectivity index (χ2n) is 7.10. The maximum Gasteiger partial charge on any atom is 0.319 e. The Labute approximate surface area is 159 Å². The van der Waals surface area contributed by atoms with Gasteiger partial charge in [0.2, 0.25) is 0 Å². The molecule has 0 aliphatic heterocycles. The highest BCUT2D eigenvalue weighted by molar-refractivity contribution is 7.91. The first kappa shape index (κ1) is 19.4. The Kier molecular flexibility index (Phi) is 5.53. The number of anilines is 1. The normalized spacial score (nSPS) is 19.0. The molecule has 0 aromatic heterocycles. The first-order valence-electron chi connectivity index (χ1n) is 8.90. The first-order chi connectivity index (χ1) is 12.8. The van der Waals surface area contributed by atoms with Crippen molar-refractivity contribution in [1.82, 2.24) is 5.32 Å². The maximum absolute atomic E-state index is 12.4. The highest BCUT2D eigenvalue weighted by Crippen LogP contribution is 2.31. The zero-order chi connectivity index (χ0) is 19.6. The number of amides is 2. The van der Waals surface area contributed by atoms with Gasteiger partial charge in [0.15, 0.2) is 9.84 Å². The van der Waals surface area contributed by atoms with Crippen molar-refractivity contribution in [3.63, 3.8) is 0 Å². The summed E-state index contributed by atoms with van der Waals surface area (Å²) in [5.41, 5.74) is 3.06. The molecule has 7 heteroatoms. The van der Waals surface area contributed by atoms with Crippen LogP contribution in [0.5, 0.6) is 0 Å². The summed E-state index contributed by atoms with van der Waals surface area (Å²) in [6.45, 7) is 3.30. The van der Waals surface area contributed by atoms with Crippen molar-refractivity contribution in [2.75, 3.05) is 5.32 Å². The summed E-state index contributed by atoms with van der Waals surface area (Å²) in [6.07, 6.45) is -0.167. The third-order valence-corrected chi connectivity index (χ3v) is 6.93. The Balaban J connectivity index is 1.68. The molecule has 0 heterocycles. The predicted octanol–water partition coefficient (Wildman–Crippen LogP) is 2.79. The van der Waals surface area contributed by atoms with Crippen molar-refractivity contribution < 1.29 is 18.3 Å². The molecule has 144 valence electrons. The van der Waals surface area contributed by atoms with E-state index in [1.54, 1.807) is 38.1 Å². The van der Waals surface area contributed by atoms with Gasteiger partial charge in [-0.15, -0.1) is 0 Å². The number of hydrogen-bond donors (Lipinski definition) is 3. The lowest BCUT2D eigenvalue weighted by molar-refractivity contribution is 0.144. The van der Waals surface area contributed by atoms with E-state index in [9.17, 15) is 18.3 Å². The Hall–Kier alpha value is -2.38. The molecule has 0 spiro atoms. The average molecular weight is 388 g/mol. The highest BCUT2D eigenvalue weighted by atomic mass is 32.2. The molecule has 0 radical (unpaired) electrons. The van der Waals surface area contributed by atoms with Crippen LogP contribution in [-0.2, 0) is 22.0 Å². The van der Waals surface area contributed by atoms with Crippen LogP contribution in [0.1, 0.15) is 36.6 Å². The molecule has 3 N–H and O–H groups in total. The summed E-state index contributed by atoms with van der Waals surface area (Å²) >= 11 is 0. The highest BCUT2D eigenvalue weighted by Gasteiger charge is 2.31. The van der Waals surface area contributed by atoms with Crippen molar-refractivity contribution in [3.05, 3.63) is 65.2 Å². The number of nitrogens with one attached hydrogen (secondary N) is 2. The van der Waals surface area contributed by atoms with Crippen molar-refractivity contribution in [1.29, 1.82) is 0 Å². The van der Waals surface area contributed by atoms with E-state index in [4.69, 9.17) is 0 Å². The summed E-state index contributed by atoms with van der Waals surface area (Å²) in [7, 11) is -3.22. The third-order valence-electron chi connectivity index (χ3n) is 4.76. The van der Waals surface area contributed by atoms with Crippen LogP contribution < -0.4 is 10.6 Å². The lowest BCUT2D eigenvalue weighted by Gasteiger charge is -2.18. The molecular weight excluding hydrogens is 364 g/mol. The van der Waals surface area contributed by atoms with Gasteiger partial charge in [-0.1, -0.05) is 36.4 Å².